The van der Waals surface area contributed by atoms with Crippen LogP contribution >= 0.6 is 0 Å². The van der Waals surface area contributed by atoms with Gasteiger partial charge in [0.1, 0.15) is 0 Å². The molecule has 1 aromatic rings. The fraction of sp³-hybridized carbons (Fsp3) is 0.750. The summed E-state index contributed by atoms with van der Waals surface area (Å²) in [4.78, 5) is 18.9. The molecule has 1 aromatic heterocycles. The molecule has 5 atom stereocenters. The van der Waals surface area contributed by atoms with E-state index in [1.165, 1.54) is 19.3 Å². The molecule has 1 N–H and O–H groups in total. The van der Waals surface area contributed by atoms with E-state index in [4.69, 9.17) is 4.74 Å². The normalized spacial score (nSPS) is 30.9. The van der Waals surface area contributed by atoms with Crippen LogP contribution in [0.1, 0.15) is 62.3 Å². The van der Waals surface area contributed by atoms with E-state index in [1.54, 1.807) is 12.0 Å². The van der Waals surface area contributed by atoms with Crippen LogP contribution in [0, 0.1) is 17.8 Å². The smallest absolute Gasteiger partial charge is 0.384 e. The monoisotopic (exact) mass is 453 g/mol. The number of rotatable bonds is 5. The average molecular weight is 454 g/mol. The van der Waals surface area contributed by atoms with Gasteiger partial charge in [0.15, 0.2) is 0 Å². The van der Waals surface area contributed by atoms with Crippen molar-refractivity contribution in [1.82, 2.24) is 15.2 Å². The van der Waals surface area contributed by atoms with Crippen LogP contribution in [-0.4, -0.2) is 48.1 Å². The van der Waals surface area contributed by atoms with Crippen molar-refractivity contribution in [2.24, 2.45) is 17.8 Å². The Kier molecular flexibility index (Phi) is 7.10. The Morgan fingerprint density at radius 2 is 2.09 bits per heavy atom. The quantitative estimate of drug-likeness (QED) is 0.726. The molecule has 0 bridgehead atoms. The Hall–Kier alpha value is -1.67. The van der Waals surface area contributed by atoms with Crippen LogP contribution in [0.15, 0.2) is 12.3 Å². The number of aromatic nitrogens is 1. The molecule has 1 aliphatic heterocycles. The number of halogens is 3. The average Bonchev–Trinajstić information content (AvgIpc) is 3.23. The summed E-state index contributed by atoms with van der Waals surface area (Å²) < 4.78 is 44.6. The summed E-state index contributed by atoms with van der Waals surface area (Å²) >= 11 is 0. The molecule has 2 aliphatic carbocycles. The van der Waals surface area contributed by atoms with E-state index in [0.717, 1.165) is 38.1 Å². The maximum absolute atomic E-state index is 13.2. The van der Waals surface area contributed by atoms with Crippen LogP contribution in [0.3, 0.4) is 0 Å². The number of fused-ring (bicyclic) bond motifs is 1. The first-order valence-corrected chi connectivity index (χ1v) is 11.8. The third-order valence-corrected chi connectivity index (χ3v) is 7.62. The minimum absolute atomic E-state index is 0.0624. The van der Waals surface area contributed by atoms with Gasteiger partial charge in [0.25, 0.3) is 0 Å². The number of hydrogen-bond donors (Lipinski definition) is 1. The first-order valence-electron chi connectivity index (χ1n) is 11.8. The number of carbonyl (C=O) groups is 1. The zero-order valence-corrected chi connectivity index (χ0v) is 19.0. The molecule has 2 saturated carbocycles. The van der Waals surface area contributed by atoms with Gasteiger partial charge in [-0.05, 0) is 55.6 Å². The topological polar surface area (TPSA) is 54.5 Å². The Balaban J connectivity index is 1.36. The molecule has 0 saturated heterocycles. The molecule has 0 radical (unpaired) electrons. The van der Waals surface area contributed by atoms with E-state index in [-0.39, 0.29) is 18.4 Å². The van der Waals surface area contributed by atoms with Gasteiger partial charge in [0, 0.05) is 56.5 Å². The number of alkyl halides is 3. The second kappa shape index (κ2) is 9.67. The number of amides is 1. The second-order valence-electron chi connectivity index (χ2n) is 9.86. The van der Waals surface area contributed by atoms with Crippen LogP contribution in [0.5, 0.6) is 0 Å². The molecule has 0 aromatic carbocycles. The Bertz CT molecular complexity index is 814. The molecule has 0 spiro atoms. The van der Waals surface area contributed by atoms with Crippen LogP contribution in [0.25, 0.3) is 0 Å². The van der Waals surface area contributed by atoms with Crippen LogP contribution in [-0.2, 0) is 28.7 Å². The lowest BCUT2D eigenvalue weighted by molar-refractivity contribution is -0.137. The van der Waals surface area contributed by atoms with Crippen LogP contribution in [0.4, 0.5) is 13.2 Å². The van der Waals surface area contributed by atoms with Crippen LogP contribution in [0.2, 0.25) is 0 Å². The Labute approximate surface area is 188 Å². The lowest BCUT2D eigenvalue weighted by Gasteiger charge is -2.38. The van der Waals surface area contributed by atoms with Crippen molar-refractivity contribution >= 4 is 5.91 Å². The first kappa shape index (κ1) is 23.5. The van der Waals surface area contributed by atoms with Gasteiger partial charge in [-0.3, -0.25) is 9.78 Å². The van der Waals surface area contributed by atoms with Gasteiger partial charge >= 0.3 is 6.18 Å². The van der Waals surface area contributed by atoms with Crippen molar-refractivity contribution in [2.45, 2.75) is 76.7 Å². The van der Waals surface area contributed by atoms with Crippen molar-refractivity contribution in [2.75, 3.05) is 20.3 Å². The zero-order chi connectivity index (χ0) is 22.9. The molecule has 2 heterocycles. The highest BCUT2D eigenvalue weighted by Gasteiger charge is 2.38. The summed E-state index contributed by atoms with van der Waals surface area (Å²) in [7, 11) is 1.75. The lowest BCUT2D eigenvalue weighted by atomic mass is 9.77. The Morgan fingerprint density at radius 3 is 2.84 bits per heavy atom. The predicted octanol–water partition coefficient (Wildman–Crippen LogP) is 4.19. The number of pyridine rings is 1. The molecule has 178 valence electrons. The summed E-state index contributed by atoms with van der Waals surface area (Å²) in [5, 5.41) is 3.84. The molecule has 4 rings (SSSR count). The van der Waals surface area contributed by atoms with Gasteiger partial charge in [-0.2, -0.15) is 13.2 Å². The lowest BCUT2D eigenvalue weighted by Crippen LogP contribution is -2.49. The molecule has 1 amide bonds. The second-order valence-corrected chi connectivity index (χ2v) is 9.86. The number of hydrogen-bond acceptors (Lipinski definition) is 4. The number of carbonyl (C=O) groups excluding carboxylic acids is 1. The summed E-state index contributed by atoms with van der Waals surface area (Å²) in [6.07, 6.45) is 3.20. The van der Waals surface area contributed by atoms with Crippen molar-refractivity contribution in [3.63, 3.8) is 0 Å². The summed E-state index contributed by atoms with van der Waals surface area (Å²) in [5.41, 5.74) is 0.442. The minimum Gasteiger partial charge on any atom is -0.384 e. The van der Waals surface area contributed by atoms with E-state index in [9.17, 15) is 18.0 Å². The van der Waals surface area contributed by atoms with Crippen molar-refractivity contribution in [3.8, 4) is 0 Å². The zero-order valence-electron chi connectivity index (χ0n) is 19.0. The van der Waals surface area contributed by atoms with E-state index in [0.29, 0.717) is 48.1 Å². The predicted molar refractivity (Wildman–Crippen MR) is 115 cm³/mol. The molecule has 2 fully saturated rings. The van der Waals surface area contributed by atoms with Gasteiger partial charge in [-0.1, -0.05) is 13.3 Å². The number of methoxy groups -OCH3 is 1. The fourth-order valence-corrected chi connectivity index (χ4v) is 5.88. The van der Waals surface area contributed by atoms with Gasteiger partial charge in [-0.15, -0.1) is 0 Å². The molecule has 3 aliphatic rings. The summed E-state index contributed by atoms with van der Waals surface area (Å²) in [6, 6.07) is 1.88. The van der Waals surface area contributed by atoms with Gasteiger partial charge < -0.3 is 15.0 Å². The third-order valence-electron chi connectivity index (χ3n) is 7.62. The fourth-order valence-electron chi connectivity index (χ4n) is 5.88. The van der Waals surface area contributed by atoms with E-state index >= 15 is 0 Å². The Morgan fingerprint density at radius 1 is 1.28 bits per heavy atom. The molecule has 32 heavy (non-hydrogen) atoms. The van der Waals surface area contributed by atoms with Crippen molar-refractivity contribution in [3.05, 3.63) is 29.1 Å². The standard InChI is InChI=1S/C24H34F3N3O2/c1-15-4-3-5-17(14-32-2)22(15)29-20-7-6-16(11-20)23(31)30-9-8-21-18(13-30)10-19(12-28-21)24(25,26)27/h10,12,15-17,20,22,29H,3-9,11,13-14H2,1-2H3. The van der Waals surface area contributed by atoms with E-state index < -0.39 is 11.7 Å². The highest BCUT2D eigenvalue weighted by atomic mass is 19.4. The minimum atomic E-state index is -4.42. The maximum atomic E-state index is 13.2. The first-order chi connectivity index (χ1) is 15.3. The number of nitrogens with one attached hydrogen (secondary N) is 1. The highest BCUT2D eigenvalue weighted by Crippen LogP contribution is 2.35. The largest absolute Gasteiger partial charge is 0.417 e. The summed E-state index contributed by atoms with van der Waals surface area (Å²) in [6.45, 7) is 3.80. The molecule has 5 nitrogen and oxygen atoms in total. The van der Waals surface area contributed by atoms with Crippen molar-refractivity contribution in [1.29, 1.82) is 0 Å². The third kappa shape index (κ3) is 5.11. The highest BCUT2D eigenvalue weighted by molar-refractivity contribution is 5.79. The van der Waals surface area contributed by atoms with Gasteiger partial charge in [0.05, 0.1) is 12.2 Å². The SMILES string of the molecule is COCC1CCCC(C)C1NC1CCC(C(=O)N2CCc3ncc(C(F)(F)F)cc3C2)C1. The van der Waals surface area contributed by atoms with Crippen LogP contribution < -0.4 is 5.32 Å². The molecular weight excluding hydrogens is 419 g/mol. The molecule has 8 heteroatoms. The summed E-state index contributed by atoms with van der Waals surface area (Å²) in [5.74, 6) is 1.11. The van der Waals surface area contributed by atoms with E-state index in [1.807, 2.05) is 0 Å². The maximum Gasteiger partial charge on any atom is 0.417 e. The van der Waals surface area contributed by atoms with Gasteiger partial charge in [0.2, 0.25) is 5.91 Å². The number of nitrogens with zero attached hydrogens (tertiary/aromatic N) is 2. The number of ether oxygens (including phenoxy) is 1. The van der Waals surface area contributed by atoms with Crippen molar-refractivity contribution < 1.29 is 22.7 Å². The van der Waals surface area contributed by atoms with E-state index in [2.05, 4.69) is 17.2 Å². The van der Waals surface area contributed by atoms with Gasteiger partial charge in [-0.25, -0.2) is 0 Å². The molecular formula is C24H34F3N3O2. The molecule has 5 unspecified atom stereocenters.